The Morgan fingerprint density at radius 1 is 1.04 bits per heavy atom. The Balaban J connectivity index is 1.84. The summed E-state index contributed by atoms with van der Waals surface area (Å²) in [7, 11) is 0. The molecule has 0 fully saturated rings. The molecule has 0 saturated heterocycles. The molecule has 0 bridgehead atoms. The van der Waals surface area contributed by atoms with Gasteiger partial charge in [0.1, 0.15) is 5.76 Å². The molecule has 3 rings (SSSR count). The van der Waals surface area contributed by atoms with E-state index in [1.807, 2.05) is 25.1 Å². The summed E-state index contributed by atoms with van der Waals surface area (Å²) in [5.41, 5.74) is 4.02. The molecule has 0 aliphatic heterocycles. The lowest BCUT2D eigenvalue weighted by Gasteiger charge is -2.09. The van der Waals surface area contributed by atoms with E-state index < -0.39 is 5.97 Å². The van der Waals surface area contributed by atoms with Crippen molar-refractivity contribution in [3.8, 4) is 11.3 Å². The van der Waals surface area contributed by atoms with Crippen molar-refractivity contribution in [3.05, 3.63) is 77.0 Å². The third-order valence-electron chi connectivity index (χ3n) is 4.20. The zero-order valence-corrected chi connectivity index (χ0v) is 14.6. The molecule has 3 aromatic rings. The topological polar surface area (TPSA) is 79.5 Å². The molecule has 1 heterocycles. The van der Waals surface area contributed by atoms with Crippen LogP contribution in [0.1, 0.15) is 39.0 Å². The van der Waals surface area contributed by atoms with Crippen LogP contribution in [0.3, 0.4) is 0 Å². The van der Waals surface area contributed by atoms with Gasteiger partial charge in [0.25, 0.3) is 5.91 Å². The Bertz CT molecular complexity index is 954. The summed E-state index contributed by atoms with van der Waals surface area (Å²) in [5, 5.41) is 11.9. The van der Waals surface area contributed by atoms with Crippen molar-refractivity contribution in [2.75, 3.05) is 5.32 Å². The number of amides is 1. The van der Waals surface area contributed by atoms with Crippen LogP contribution in [-0.4, -0.2) is 17.0 Å². The Morgan fingerprint density at radius 2 is 1.77 bits per heavy atom. The molecular weight excluding hydrogens is 330 g/mol. The van der Waals surface area contributed by atoms with E-state index in [0.717, 1.165) is 17.5 Å². The van der Waals surface area contributed by atoms with Crippen molar-refractivity contribution >= 4 is 17.6 Å². The SMILES string of the molecule is CCc1ccc(C(=O)Nc2ccc(C)c(-c3ccc(C(=O)O)o3)c2)cc1. The maximum Gasteiger partial charge on any atom is 0.371 e. The van der Waals surface area contributed by atoms with Gasteiger partial charge in [-0.05, 0) is 60.9 Å². The minimum Gasteiger partial charge on any atom is -0.475 e. The molecule has 1 aromatic heterocycles. The van der Waals surface area contributed by atoms with Crippen LogP contribution in [0.2, 0.25) is 0 Å². The number of hydrogen-bond acceptors (Lipinski definition) is 3. The number of carbonyl (C=O) groups excluding carboxylic acids is 1. The van der Waals surface area contributed by atoms with Gasteiger partial charge in [0.2, 0.25) is 5.76 Å². The quantitative estimate of drug-likeness (QED) is 0.695. The molecule has 0 unspecified atom stereocenters. The third kappa shape index (κ3) is 3.67. The van der Waals surface area contributed by atoms with Gasteiger partial charge in [-0.15, -0.1) is 0 Å². The lowest BCUT2D eigenvalue weighted by Crippen LogP contribution is -2.12. The van der Waals surface area contributed by atoms with Gasteiger partial charge in [0.05, 0.1) is 0 Å². The normalized spacial score (nSPS) is 10.5. The number of hydrogen-bond donors (Lipinski definition) is 2. The number of nitrogens with one attached hydrogen (secondary N) is 1. The number of carbonyl (C=O) groups is 2. The zero-order valence-electron chi connectivity index (χ0n) is 14.6. The van der Waals surface area contributed by atoms with Gasteiger partial charge in [-0.2, -0.15) is 0 Å². The zero-order chi connectivity index (χ0) is 18.7. The van der Waals surface area contributed by atoms with Crippen LogP contribution in [0.4, 0.5) is 5.69 Å². The van der Waals surface area contributed by atoms with Gasteiger partial charge in [-0.3, -0.25) is 4.79 Å². The first-order valence-corrected chi connectivity index (χ1v) is 8.32. The largest absolute Gasteiger partial charge is 0.475 e. The fourth-order valence-electron chi connectivity index (χ4n) is 2.66. The number of aryl methyl sites for hydroxylation is 2. The summed E-state index contributed by atoms with van der Waals surface area (Å²) in [5.74, 6) is -0.991. The minimum atomic E-state index is -1.12. The number of carboxylic acid groups (broad SMARTS) is 1. The van der Waals surface area contributed by atoms with Crippen molar-refractivity contribution < 1.29 is 19.1 Å². The van der Waals surface area contributed by atoms with Crippen LogP contribution < -0.4 is 5.32 Å². The van der Waals surface area contributed by atoms with E-state index in [1.54, 1.807) is 30.3 Å². The predicted octanol–water partition coefficient (Wildman–Crippen LogP) is 4.77. The lowest BCUT2D eigenvalue weighted by molar-refractivity contribution is 0.0663. The molecule has 132 valence electrons. The van der Waals surface area contributed by atoms with Crippen molar-refractivity contribution in [1.29, 1.82) is 0 Å². The first-order chi connectivity index (χ1) is 12.5. The molecule has 0 spiro atoms. The van der Waals surface area contributed by atoms with Gasteiger partial charge < -0.3 is 14.8 Å². The summed E-state index contributed by atoms with van der Waals surface area (Å²) in [6, 6.07) is 15.9. The lowest BCUT2D eigenvalue weighted by atomic mass is 10.1. The summed E-state index contributed by atoms with van der Waals surface area (Å²) in [6.45, 7) is 3.96. The predicted molar refractivity (Wildman–Crippen MR) is 99.6 cm³/mol. The minimum absolute atomic E-state index is 0.121. The summed E-state index contributed by atoms with van der Waals surface area (Å²) in [6.07, 6.45) is 0.921. The molecule has 0 atom stereocenters. The second kappa shape index (κ2) is 7.27. The summed E-state index contributed by atoms with van der Waals surface area (Å²) in [4.78, 5) is 23.4. The maximum absolute atomic E-state index is 12.4. The first-order valence-electron chi connectivity index (χ1n) is 8.32. The average Bonchev–Trinajstić information content (AvgIpc) is 3.13. The van der Waals surface area contributed by atoms with E-state index in [9.17, 15) is 9.59 Å². The average molecular weight is 349 g/mol. The van der Waals surface area contributed by atoms with Crippen LogP contribution in [0.15, 0.2) is 59.0 Å². The van der Waals surface area contributed by atoms with E-state index in [4.69, 9.17) is 9.52 Å². The van der Waals surface area contributed by atoms with Crippen LogP contribution in [0, 0.1) is 6.92 Å². The molecule has 2 N–H and O–H groups in total. The Kier molecular flexibility index (Phi) is 4.89. The van der Waals surface area contributed by atoms with Gasteiger partial charge >= 0.3 is 5.97 Å². The van der Waals surface area contributed by atoms with Crippen LogP contribution in [0.25, 0.3) is 11.3 Å². The number of aromatic carboxylic acids is 1. The fraction of sp³-hybridized carbons (Fsp3) is 0.143. The number of rotatable bonds is 5. The molecule has 5 nitrogen and oxygen atoms in total. The van der Waals surface area contributed by atoms with Crippen LogP contribution >= 0.6 is 0 Å². The fourth-order valence-corrected chi connectivity index (χ4v) is 2.66. The highest BCUT2D eigenvalue weighted by atomic mass is 16.4. The molecular formula is C21H19NO4. The van der Waals surface area contributed by atoms with Crippen molar-refractivity contribution in [3.63, 3.8) is 0 Å². The van der Waals surface area contributed by atoms with E-state index >= 15 is 0 Å². The van der Waals surface area contributed by atoms with Crippen molar-refractivity contribution in [2.45, 2.75) is 20.3 Å². The molecule has 0 aliphatic carbocycles. The molecule has 5 heteroatoms. The molecule has 0 saturated carbocycles. The second-order valence-electron chi connectivity index (χ2n) is 6.00. The number of carboxylic acids is 1. The smallest absolute Gasteiger partial charge is 0.371 e. The number of anilines is 1. The maximum atomic E-state index is 12.4. The van der Waals surface area contributed by atoms with Crippen molar-refractivity contribution in [1.82, 2.24) is 0 Å². The van der Waals surface area contributed by atoms with E-state index in [1.165, 1.54) is 11.6 Å². The van der Waals surface area contributed by atoms with Crippen LogP contribution in [-0.2, 0) is 6.42 Å². The number of benzene rings is 2. The van der Waals surface area contributed by atoms with Gasteiger partial charge in [0, 0.05) is 16.8 Å². The Hall–Kier alpha value is -3.34. The van der Waals surface area contributed by atoms with E-state index in [0.29, 0.717) is 17.0 Å². The van der Waals surface area contributed by atoms with E-state index in [2.05, 4.69) is 12.2 Å². The highest BCUT2D eigenvalue weighted by Gasteiger charge is 2.13. The first kappa shape index (κ1) is 17.5. The summed E-state index contributed by atoms with van der Waals surface area (Å²) >= 11 is 0. The van der Waals surface area contributed by atoms with Gasteiger partial charge in [-0.25, -0.2) is 4.79 Å². The van der Waals surface area contributed by atoms with Gasteiger partial charge in [0.15, 0.2) is 0 Å². The third-order valence-corrected chi connectivity index (χ3v) is 4.20. The number of furan rings is 1. The van der Waals surface area contributed by atoms with E-state index in [-0.39, 0.29) is 11.7 Å². The molecule has 1 amide bonds. The highest BCUT2D eigenvalue weighted by molar-refractivity contribution is 6.04. The molecule has 0 aliphatic rings. The van der Waals surface area contributed by atoms with Crippen LogP contribution in [0.5, 0.6) is 0 Å². The standard InChI is InChI=1S/C21H19NO4/c1-3-14-5-7-15(8-6-14)20(23)22-16-9-4-13(2)17(12-16)18-10-11-19(26-18)21(24)25/h4-12H,3H2,1-2H3,(H,22,23)(H,24,25). The van der Waals surface area contributed by atoms with Gasteiger partial charge in [-0.1, -0.05) is 25.1 Å². The Morgan fingerprint density at radius 3 is 2.38 bits per heavy atom. The molecule has 0 radical (unpaired) electrons. The molecule has 26 heavy (non-hydrogen) atoms. The Labute approximate surface area is 151 Å². The van der Waals surface area contributed by atoms with Crippen molar-refractivity contribution in [2.24, 2.45) is 0 Å². The molecule has 2 aromatic carbocycles. The monoisotopic (exact) mass is 349 g/mol. The highest BCUT2D eigenvalue weighted by Crippen LogP contribution is 2.28. The summed E-state index contributed by atoms with van der Waals surface area (Å²) < 4.78 is 5.37. The second-order valence-corrected chi connectivity index (χ2v) is 6.00.